The molecule has 70 valence electrons. The van der Waals surface area contributed by atoms with Crippen molar-refractivity contribution in [1.82, 2.24) is 0 Å². The first-order valence-electron chi connectivity index (χ1n) is 3.76. The van der Waals surface area contributed by atoms with Gasteiger partial charge in [-0.3, -0.25) is 4.79 Å². The molecule has 0 unspecified atom stereocenters. The Kier molecular flexibility index (Phi) is 2.41. The van der Waals surface area contributed by atoms with Gasteiger partial charge in [-0.25, -0.2) is 0 Å². The number of hydrogen-bond donors (Lipinski definition) is 3. The number of carboxylic acids is 1. The second-order valence-corrected chi connectivity index (χ2v) is 2.84. The molecule has 1 rings (SSSR count). The fourth-order valence-corrected chi connectivity index (χ4v) is 1.01. The van der Waals surface area contributed by atoms with E-state index in [1.807, 2.05) is 0 Å². The summed E-state index contributed by atoms with van der Waals surface area (Å²) in [4.78, 5) is 10.6. The molecule has 0 aromatic heterocycles. The average molecular weight is 182 g/mol. The number of benzene rings is 1. The number of phenols is 2. The van der Waals surface area contributed by atoms with E-state index in [2.05, 4.69) is 0 Å². The molecule has 4 heteroatoms. The number of aliphatic carboxylic acids is 1. The normalized spacial score (nSPS) is 12.4. The van der Waals surface area contributed by atoms with Gasteiger partial charge in [0.15, 0.2) is 0 Å². The maximum atomic E-state index is 10.6. The Morgan fingerprint density at radius 2 is 1.69 bits per heavy atom. The van der Waals surface area contributed by atoms with Crippen LogP contribution in [-0.2, 0) is 4.79 Å². The van der Waals surface area contributed by atoms with Crippen LogP contribution < -0.4 is 0 Å². The van der Waals surface area contributed by atoms with Crippen LogP contribution >= 0.6 is 0 Å². The number of aromatic hydroxyl groups is 2. The largest absolute Gasteiger partial charge is 0.508 e. The van der Waals surface area contributed by atoms with Crippen LogP contribution in [0.15, 0.2) is 18.2 Å². The van der Waals surface area contributed by atoms with E-state index in [0.717, 1.165) is 6.07 Å². The maximum absolute atomic E-state index is 10.6. The smallest absolute Gasteiger partial charge is 0.310 e. The molecule has 0 radical (unpaired) electrons. The third-order valence-electron chi connectivity index (χ3n) is 1.80. The highest BCUT2D eigenvalue weighted by Crippen LogP contribution is 2.25. The van der Waals surface area contributed by atoms with Gasteiger partial charge >= 0.3 is 5.97 Å². The molecule has 1 atom stereocenters. The molecule has 1 aromatic rings. The van der Waals surface area contributed by atoms with Gasteiger partial charge in [0.2, 0.25) is 0 Å². The molecule has 13 heavy (non-hydrogen) atoms. The first-order valence-corrected chi connectivity index (χ1v) is 3.76. The lowest BCUT2D eigenvalue weighted by Crippen LogP contribution is -2.06. The van der Waals surface area contributed by atoms with Crippen LogP contribution in [0.2, 0.25) is 0 Å². The van der Waals surface area contributed by atoms with Gasteiger partial charge in [0.25, 0.3) is 0 Å². The Balaban J connectivity index is 3.07. The lowest BCUT2D eigenvalue weighted by atomic mass is 10.0. The molecule has 3 N–H and O–H groups in total. The first-order chi connectivity index (χ1) is 6.00. The van der Waals surface area contributed by atoms with E-state index in [1.54, 1.807) is 0 Å². The summed E-state index contributed by atoms with van der Waals surface area (Å²) in [5.41, 5.74) is 0.380. The molecule has 0 saturated heterocycles. The monoisotopic (exact) mass is 182 g/mol. The van der Waals surface area contributed by atoms with Crippen molar-refractivity contribution in [3.05, 3.63) is 23.8 Å². The van der Waals surface area contributed by atoms with E-state index in [0.29, 0.717) is 5.56 Å². The molecular weight excluding hydrogens is 172 g/mol. The predicted octanol–water partition coefficient (Wildman–Crippen LogP) is 1.29. The molecule has 0 amide bonds. The molecule has 0 heterocycles. The zero-order chi connectivity index (χ0) is 10.0. The summed E-state index contributed by atoms with van der Waals surface area (Å²) in [5, 5.41) is 26.8. The molecule has 0 bridgehead atoms. The highest BCUT2D eigenvalue weighted by Gasteiger charge is 2.14. The van der Waals surface area contributed by atoms with E-state index in [-0.39, 0.29) is 11.5 Å². The third-order valence-corrected chi connectivity index (χ3v) is 1.80. The van der Waals surface area contributed by atoms with Crippen LogP contribution in [0, 0.1) is 0 Å². The summed E-state index contributed by atoms with van der Waals surface area (Å²) in [7, 11) is 0. The van der Waals surface area contributed by atoms with Crippen molar-refractivity contribution in [2.24, 2.45) is 0 Å². The molecule has 0 fully saturated rings. The molecule has 0 aliphatic carbocycles. The van der Waals surface area contributed by atoms with Crippen molar-refractivity contribution in [3.8, 4) is 11.5 Å². The van der Waals surface area contributed by atoms with Crippen molar-refractivity contribution in [3.63, 3.8) is 0 Å². The van der Waals surface area contributed by atoms with E-state index in [1.165, 1.54) is 19.1 Å². The van der Waals surface area contributed by atoms with Gasteiger partial charge in [0.1, 0.15) is 11.5 Å². The van der Waals surface area contributed by atoms with Gasteiger partial charge in [-0.2, -0.15) is 0 Å². The quantitative estimate of drug-likeness (QED) is 0.643. The van der Waals surface area contributed by atoms with Crippen LogP contribution in [0.1, 0.15) is 18.4 Å². The highest BCUT2D eigenvalue weighted by atomic mass is 16.4. The fraction of sp³-hybridized carbons (Fsp3) is 0.222. The van der Waals surface area contributed by atoms with Crippen LogP contribution in [0.25, 0.3) is 0 Å². The summed E-state index contributed by atoms with van der Waals surface area (Å²) < 4.78 is 0. The molecule has 0 aliphatic rings. The molecule has 0 aliphatic heterocycles. The molecule has 1 aromatic carbocycles. The Morgan fingerprint density at radius 1 is 1.23 bits per heavy atom. The lowest BCUT2D eigenvalue weighted by Gasteiger charge is -2.07. The van der Waals surface area contributed by atoms with Gasteiger partial charge in [0, 0.05) is 6.07 Å². The SMILES string of the molecule is C[C@H](C(=O)O)c1cc(O)cc(O)c1. The van der Waals surface area contributed by atoms with Gasteiger partial charge < -0.3 is 15.3 Å². The summed E-state index contributed by atoms with van der Waals surface area (Å²) >= 11 is 0. The van der Waals surface area contributed by atoms with Crippen molar-refractivity contribution in [1.29, 1.82) is 0 Å². The van der Waals surface area contributed by atoms with Crippen LogP contribution in [-0.4, -0.2) is 21.3 Å². The van der Waals surface area contributed by atoms with E-state index < -0.39 is 11.9 Å². The Bertz CT molecular complexity index is 312. The van der Waals surface area contributed by atoms with Crippen LogP contribution in [0.3, 0.4) is 0 Å². The zero-order valence-corrected chi connectivity index (χ0v) is 7.06. The minimum Gasteiger partial charge on any atom is -0.508 e. The first kappa shape index (κ1) is 9.38. The zero-order valence-electron chi connectivity index (χ0n) is 7.06. The number of carbonyl (C=O) groups is 1. The highest BCUT2D eigenvalue weighted by molar-refractivity contribution is 5.75. The van der Waals surface area contributed by atoms with Crippen molar-refractivity contribution in [2.75, 3.05) is 0 Å². The minimum atomic E-state index is -0.995. The average Bonchev–Trinajstić information content (AvgIpc) is 2.01. The molecule has 4 nitrogen and oxygen atoms in total. The maximum Gasteiger partial charge on any atom is 0.310 e. The van der Waals surface area contributed by atoms with Gasteiger partial charge in [-0.05, 0) is 24.6 Å². The van der Waals surface area contributed by atoms with Crippen LogP contribution in [0.5, 0.6) is 11.5 Å². The standard InChI is InChI=1S/C9H10O4/c1-5(9(12)13)6-2-7(10)4-8(11)3-6/h2-5,10-11H,1H3,(H,12,13)/t5-/m0/s1. The second-order valence-electron chi connectivity index (χ2n) is 2.84. The van der Waals surface area contributed by atoms with Crippen LogP contribution in [0.4, 0.5) is 0 Å². The Morgan fingerprint density at radius 3 is 2.08 bits per heavy atom. The Hall–Kier alpha value is -1.71. The van der Waals surface area contributed by atoms with Crippen molar-refractivity contribution >= 4 is 5.97 Å². The number of hydrogen-bond acceptors (Lipinski definition) is 3. The predicted molar refractivity (Wildman–Crippen MR) is 45.8 cm³/mol. The summed E-state index contributed by atoms with van der Waals surface area (Å²) in [5.74, 6) is -2.01. The number of phenolic OH excluding ortho intramolecular Hbond substituents is 2. The lowest BCUT2D eigenvalue weighted by molar-refractivity contribution is -0.138. The molecule has 0 spiro atoms. The fourth-order valence-electron chi connectivity index (χ4n) is 1.01. The number of rotatable bonds is 2. The molecule has 0 saturated carbocycles. The topological polar surface area (TPSA) is 77.8 Å². The van der Waals surface area contributed by atoms with E-state index in [9.17, 15) is 4.79 Å². The van der Waals surface area contributed by atoms with Gasteiger partial charge in [-0.15, -0.1) is 0 Å². The minimum absolute atomic E-state index is 0.136. The second kappa shape index (κ2) is 3.35. The van der Waals surface area contributed by atoms with Gasteiger partial charge in [0.05, 0.1) is 5.92 Å². The van der Waals surface area contributed by atoms with Gasteiger partial charge in [-0.1, -0.05) is 0 Å². The number of carboxylic acid groups (broad SMARTS) is 1. The summed E-state index contributed by atoms with van der Waals surface area (Å²) in [6, 6.07) is 3.79. The summed E-state index contributed by atoms with van der Waals surface area (Å²) in [6.45, 7) is 1.48. The van der Waals surface area contributed by atoms with E-state index in [4.69, 9.17) is 15.3 Å². The summed E-state index contributed by atoms with van der Waals surface area (Å²) in [6.07, 6.45) is 0. The van der Waals surface area contributed by atoms with E-state index >= 15 is 0 Å². The third kappa shape index (κ3) is 2.11. The van der Waals surface area contributed by atoms with Crippen molar-refractivity contribution < 1.29 is 20.1 Å². The Labute approximate surface area is 75.1 Å². The van der Waals surface area contributed by atoms with Crippen molar-refractivity contribution in [2.45, 2.75) is 12.8 Å². The molecular formula is C9H10O4.